The first-order chi connectivity index (χ1) is 19.6. The SMILES string of the molecule is CSCOC1CC2OCC2(O)C2[C@H](C)C3(O)CC(OC(=O)[C@H](C)[C@@H](C)c4cccs4)C(C)=C(C(O)C(=O)[C@]12C)C3(C)C.[Ac].[Ac]. The predicted octanol–water partition coefficient (Wildman–Crippen LogP) is 4.32. The number of Topliss-reactive ketones (excluding diaryl/α,β-unsaturated/α-hetero) is 1. The molecule has 240 valence electrons. The van der Waals surface area contributed by atoms with E-state index in [9.17, 15) is 24.9 Å². The zero-order valence-electron chi connectivity index (χ0n) is 27.0. The van der Waals surface area contributed by atoms with E-state index in [1.165, 1.54) is 11.8 Å². The van der Waals surface area contributed by atoms with Crippen molar-refractivity contribution >= 4 is 34.9 Å². The number of hydrogen-bond acceptors (Lipinski definition) is 10. The summed E-state index contributed by atoms with van der Waals surface area (Å²) in [5.74, 6) is -2.41. The number of ether oxygens (including phenoxy) is 3. The molecule has 3 fully saturated rings. The van der Waals surface area contributed by atoms with Crippen LogP contribution in [-0.2, 0) is 23.8 Å². The summed E-state index contributed by atoms with van der Waals surface area (Å²) in [5, 5.41) is 38.8. The third kappa shape index (κ3) is 6.03. The summed E-state index contributed by atoms with van der Waals surface area (Å²) in [6.45, 7) is 13.0. The van der Waals surface area contributed by atoms with Crippen LogP contribution >= 0.6 is 23.1 Å². The minimum atomic E-state index is -1.57. The van der Waals surface area contributed by atoms with Gasteiger partial charge in [0.15, 0.2) is 5.78 Å². The van der Waals surface area contributed by atoms with Gasteiger partial charge >= 0.3 is 5.97 Å². The van der Waals surface area contributed by atoms with Crippen LogP contribution < -0.4 is 0 Å². The fourth-order valence-electron chi connectivity index (χ4n) is 8.73. The Kier molecular flexibility index (Phi) is 13.2. The number of thiophene rings is 1. The number of aliphatic hydroxyl groups is 3. The molecule has 0 spiro atoms. The summed E-state index contributed by atoms with van der Waals surface area (Å²) in [7, 11) is 0. The van der Waals surface area contributed by atoms with Crippen LogP contribution in [0.15, 0.2) is 28.7 Å². The van der Waals surface area contributed by atoms with E-state index in [0.717, 1.165) is 4.88 Å². The van der Waals surface area contributed by atoms with Crippen LogP contribution in [-0.4, -0.2) is 81.5 Å². The summed E-state index contributed by atoms with van der Waals surface area (Å²) in [6, 6.07) is 3.95. The van der Waals surface area contributed by atoms with Crippen LogP contribution in [0.2, 0.25) is 0 Å². The summed E-state index contributed by atoms with van der Waals surface area (Å²) >= 11 is 3.07. The van der Waals surface area contributed by atoms with E-state index in [4.69, 9.17) is 14.2 Å². The van der Waals surface area contributed by atoms with E-state index in [-0.39, 0.29) is 107 Å². The van der Waals surface area contributed by atoms with Gasteiger partial charge in [-0.3, -0.25) is 9.59 Å². The molecule has 2 saturated carbocycles. The molecule has 1 aromatic heterocycles. The molecule has 1 aromatic rings. The van der Waals surface area contributed by atoms with E-state index in [1.54, 1.807) is 25.2 Å². The molecule has 1 saturated heterocycles. The number of fused-ring (bicyclic) bond motifs is 5. The molecular weight excluding hydrogens is 1030 g/mol. The van der Waals surface area contributed by atoms with Crippen molar-refractivity contribution in [1.82, 2.24) is 0 Å². The second-order valence-corrected chi connectivity index (χ2v) is 15.6. The minimum Gasteiger partial charge on any atom is -0.457 e. The Morgan fingerprint density at radius 3 is 2.43 bits per heavy atom. The van der Waals surface area contributed by atoms with Gasteiger partial charge in [-0.15, -0.1) is 23.1 Å². The second kappa shape index (κ2) is 14.5. The number of hydrogen-bond donors (Lipinski definition) is 3. The zero-order valence-corrected chi connectivity index (χ0v) is 38.2. The van der Waals surface area contributed by atoms with E-state index in [1.807, 2.05) is 58.4 Å². The van der Waals surface area contributed by atoms with E-state index in [0.29, 0.717) is 23.5 Å². The Morgan fingerprint density at radius 2 is 1.89 bits per heavy atom. The number of carbonyl (C=O) groups excluding carboxylic acids is 2. The van der Waals surface area contributed by atoms with Crippen LogP contribution in [0.25, 0.3) is 0 Å². The Labute approximate surface area is 341 Å². The fraction of sp³-hybridized carbons (Fsp3) is 0.750. The van der Waals surface area contributed by atoms with Crippen LogP contribution in [0.1, 0.15) is 72.1 Å². The largest absolute Gasteiger partial charge is 0.457 e. The molecular formula is C32H46Ac2O8S2. The molecule has 44 heavy (non-hydrogen) atoms. The van der Waals surface area contributed by atoms with Gasteiger partial charge in [0.05, 0.1) is 41.7 Å². The molecule has 11 atom stereocenters. The fourth-order valence-corrected chi connectivity index (χ4v) is 9.92. The third-order valence-electron chi connectivity index (χ3n) is 11.6. The second-order valence-electron chi connectivity index (χ2n) is 13.8. The molecule has 1 aliphatic heterocycles. The summed E-state index contributed by atoms with van der Waals surface area (Å²) < 4.78 is 18.2. The van der Waals surface area contributed by atoms with E-state index in [2.05, 4.69) is 0 Å². The number of thioether (sulfide) groups is 1. The molecule has 12 heteroatoms. The quantitative estimate of drug-likeness (QED) is 0.209. The smallest absolute Gasteiger partial charge is 0.309 e. The van der Waals surface area contributed by atoms with Crippen LogP contribution in [0.3, 0.4) is 0 Å². The maximum absolute atomic E-state index is 14.6. The number of ketones is 1. The van der Waals surface area contributed by atoms with Crippen LogP contribution in [0.4, 0.5) is 0 Å². The van der Waals surface area contributed by atoms with Gasteiger partial charge in [-0.05, 0) is 48.6 Å². The molecule has 2 bridgehead atoms. The van der Waals surface area contributed by atoms with E-state index >= 15 is 0 Å². The average Bonchev–Trinajstić information content (AvgIpc) is 3.47. The van der Waals surface area contributed by atoms with Crippen molar-refractivity contribution < 1.29 is 127 Å². The number of rotatable bonds is 7. The van der Waals surface area contributed by atoms with Crippen molar-refractivity contribution in [3.8, 4) is 0 Å². The molecule has 4 aliphatic rings. The van der Waals surface area contributed by atoms with Gasteiger partial charge in [0.2, 0.25) is 0 Å². The standard InChI is InChI=1S/C32H46O8S2.2Ac/c1-16(21-10-9-11-42-21)17(2)28(35)40-20-13-32(37)19(4)26-30(7,27(34)25(33)24(18(20)3)29(32,5)6)22(39-15-41-8)12-23-31(26,36)14-38-23;;/h9-11,16-17,19-20,22-23,25-26,33,36-37H,12-15H2,1-8H3;;/t16-,17-,19+,20?,22?,23?,25?,26?,30-,31?,32?;;/m1../s1. The van der Waals surface area contributed by atoms with E-state index < -0.39 is 76.0 Å². The van der Waals surface area contributed by atoms with Gasteiger partial charge in [0, 0.05) is 123 Å². The first-order valence-corrected chi connectivity index (χ1v) is 17.2. The van der Waals surface area contributed by atoms with Crippen LogP contribution in [0, 0.1) is 117 Å². The van der Waals surface area contributed by atoms with Gasteiger partial charge in [-0.2, -0.15) is 0 Å². The number of carbonyl (C=O) groups is 2. The molecule has 3 aliphatic carbocycles. The van der Waals surface area contributed by atoms with Crippen LogP contribution in [0.5, 0.6) is 0 Å². The van der Waals surface area contributed by atoms with Crippen molar-refractivity contribution in [2.75, 3.05) is 18.8 Å². The Morgan fingerprint density at radius 1 is 1.23 bits per heavy atom. The van der Waals surface area contributed by atoms with Crippen molar-refractivity contribution in [1.29, 1.82) is 0 Å². The zero-order chi connectivity index (χ0) is 31.0. The average molecular weight is 1080 g/mol. The van der Waals surface area contributed by atoms with Crippen molar-refractivity contribution in [3.05, 3.63) is 33.5 Å². The summed E-state index contributed by atoms with van der Waals surface area (Å²) in [4.78, 5) is 29.2. The predicted molar refractivity (Wildman–Crippen MR) is 162 cm³/mol. The van der Waals surface area contributed by atoms with Gasteiger partial charge < -0.3 is 29.5 Å². The topological polar surface area (TPSA) is 123 Å². The van der Waals surface area contributed by atoms with Crippen molar-refractivity contribution in [2.45, 2.75) is 103 Å². The first-order valence-electron chi connectivity index (χ1n) is 14.9. The third-order valence-corrected chi connectivity index (χ3v) is 13.0. The van der Waals surface area contributed by atoms with Crippen molar-refractivity contribution in [3.63, 3.8) is 0 Å². The minimum absolute atomic E-state index is 0. The maximum atomic E-state index is 14.6. The number of esters is 1. The monoisotopic (exact) mass is 1080 g/mol. The molecule has 5 rings (SSSR count). The molecule has 3 N–H and O–H groups in total. The molecule has 2 heterocycles. The summed E-state index contributed by atoms with van der Waals surface area (Å²) in [6.07, 6.45) is -1.28. The Balaban J connectivity index is 0.00000264. The van der Waals surface area contributed by atoms with Gasteiger partial charge in [0.1, 0.15) is 17.8 Å². The normalized spacial score (nSPS) is 40.5. The van der Waals surface area contributed by atoms with Gasteiger partial charge in [0.25, 0.3) is 0 Å². The summed E-state index contributed by atoms with van der Waals surface area (Å²) in [5.41, 5.74) is -4.31. The van der Waals surface area contributed by atoms with Gasteiger partial charge in [-0.25, -0.2) is 0 Å². The van der Waals surface area contributed by atoms with Crippen molar-refractivity contribution in [2.24, 2.45) is 28.6 Å². The first kappa shape index (κ1) is 40.0. The molecule has 8 nitrogen and oxygen atoms in total. The Bertz CT molecular complexity index is 1260. The Hall–Kier alpha value is 1.61. The molecule has 7 unspecified atom stereocenters. The molecule has 0 aromatic carbocycles. The maximum Gasteiger partial charge on any atom is 0.309 e. The molecule has 0 amide bonds. The number of aliphatic hydroxyl groups excluding tert-OH is 1. The van der Waals surface area contributed by atoms with Gasteiger partial charge in [-0.1, -0.05) is 40.7 Å². The molecule has 2 radical (unpaired) electrons.